The van der Waals surface area contributed by atoms with E-state index in [-0.39, 0.29) is 17.4 Å². The van der Waals surface area contributed by atoms with Gasteiger partial charge in [-0.1, -0.05) is 11.3 Å². The van der Waals surface area contributed by atoms with Crippen LogP contribution in [-0.2, 0) is 38.1 Å². The predicted octanol–water partition coefficient (Wildman–Crippen LogP) is 1.18. The number of nitrogens with one attached hydrogen (secondary N) is 2. The van der Waals surface area contributed by atoms with E-state index in [0.29, 0.717) is 10.6 Å². The Hall–Kier alpha value is -4.18. The van der Waals surface area contributed by atoms with Crippen molar-refractivity contribution in [1.82, 2.24) is 15.5 Å². The first-order chi connectivity index (χ1) is 17.9. The van der Waals surface area contributed by atoms with E-state index in [1.165, 1.54) is 38.1 Å². The lowest BCUT2D eigenvalue weighted by atomic mass is 9.95. The third-order valence-electron chi connectivity index (χ3n) is 5.13. The van der Waals surface area contributed by atoms with Gasteiger partial charge in [0.2, 0.25) is 11.0 Å². The minimum absolute atomic E-state index is 0.0805. The van der Waals surface area contributed by atoms with Gasteiger partial charge in [0.05, 0.1) is 4.92 Å². The summed E-state index contributed by atoms with van der Waals surface area (Å²) in [6, 6.07) is 4.64. The summed E-state index contributed by atoms with van der Waals surface area (Å²) in [5.74, 6) is -2.55. The van der Waals surface area contributed by atoms with Crippen molar-refractivity contribution >= 4 is 46.0 Å². The monoisotopic (exact) mass is 551 g/mol. The molecule has 16 heteroatoms. The van der Waals surface area contributed by atoms with Crippen molar-refractivity contribution in [3.8, 4) is 10.6 Å². The van der Waals surface area contributed by atoms with Crippen LogP contribution in [0.25, 0.3) is 10.6 Å². The van der Waals surface area contributed by atoms with Gasteiger partial charge in [0.15, 0.2) is 18.4 Å². The molecular weight excluding hydrogens is 526 g/mol. The number of hydrogen-bond donors (Lipinski definition) is 2. The van der Waals surface area contributed by atoms with Crippen LogP contribution in [-0.4, -0.2) is 76.1 Å². The van der Waals surface area contributed by atoms with Crippen molar-refractivity contribution in [3.05, 3.63) is 34.4 Å². The fourth-order valence-corrected chi connectivity index (χ4v) is 4.48. The van der Waals surface area contributed by atoms with Crippen LogP contribution in [0, 0.1) is 10.1 Å². The molecule has 1 aliphatic heterocycles. The van der Waals surface area contributed by atoms with E-state index in [0.717, 1.165) is 25.2 Å². The molecule has 1 aromatic heterocycles. The Kier molecular flexibility index (Phi) is 9.25. The Morgan fingerprint density at radius 3 is 2.18 bits per heavy atom. The molecular formula is C22H25N5O10S. The Morgan fingerprint density at radius 1 is 1.00 bits per heavy atom. The maximum atomic E-state index is 12.0. The van der Waals surface area contributed by atoms with Gasteiger partial charge in [0, 0.05) is 45.4 Å². The van der Waals surface area contributed by atoms with Crippen molar-refractivity contribution in [3.63, 3.8) is 0 Å². The minimum atomic E-state index is -1.23. The average molecular weight is 552 g/mol. The van der Waals surface area contributed by atoms with Crippen molar-refractivity contribution in [1.29, 1.82) is 0 Å². The molecule has 38 heavy (non-hydrogen) atoms. The largest absolute Gasteiger partial charge is 0.463 e. The number of anilines is 1. The van der Waals surface area contributed by atoms with Gasteiger partial charge in [0.1, 0.15) is 23.8 Å². The van der Waals surface area contributed by atoms with E-state index >= 15 is 0 Å². The van der Waals surface area contributed by atoms with Crippen LogP contribution in [0.2, 0.25) is 0 Å². The van der Waals surface area contributed by atoms with Crippen molar-refractivity contribution in [2.24, 2.45) is 0 Å². The summed E-state index contributed by atoms with van der Waals surface area (Å²) in [4.78, 5) is 57.7. The number of esters is 3. The number of hydrogen-bond acceptors (Lipinski definition) is 14. The van der Waals surface area contributed by atoms with Crippen LogP contribution in [0.15, 0.2) is 24.3 Å². The van der Waals surface area contributed by atoms with Crippen LogP contribution < -0.4 is 10.6 Å². The zero-order chi connectivity index (χ0) is 28.0. The summed E-state index contributed by atoms with van der Waals surface area (Å²) >= 11 is 1.09. The molecule has 0 unspecified atom stereocenters. The molecule has 1 aliphatic rings. The molecule has 1 saturated heterocycles. The van der Waals surface area contributed by atoms with Gasteiger partial charge < -0.3 is 29.6 Å². The quantitative estimate of drug-likeness (QED) is 0.195. The molecule has 0 saturated carbocycles. The lowest BCUT2D eigenvalue weighted by Gasteiger charge is -2.45. The highest BCUT2D eigenvalue weighted by atomic mass is 32.1. The number of ether oxygens (including phenoxy) is 4. The van der Waals surface area contributed by atoms with Crippen LogP contribution >= 0.6 is 11.3 Å². The number of amides is 1. The van der Waals surface area contributed by atoms with Crippen LogP contribution in [0.4, 0.5) is 10.8 Å². The van der Waals surface area contributed by atoms with E-state index < -0.39 is 59.3 Å². The van der Waals surface area contributed by atoms with Gasteiger partial charge >= 0.3 is 17.9 Å². The van der Waals surface area contributed by atoms with Crippen LogP contribution in [0.5, 0.6) is 0 Å². The lowest BCUT2D eigenvalue weighted by molar-refractivity contribution is -0.384. The Labute approximate surface area is 219 Å². The molecule has 3 rings (SSSR count). The topological polar surface area (TPSA) is 198 Å². The second-order valence-electron chi connectivity index (χ2n) is 8.13. The molecule has 0 aliphatic carbocycles. The molecule has 2 aromatic rings. The predicted molar refractivity (Wildman–Crippen MR) is 130 cm³/mol. The van der Waals surface area contributed by atoms with E-state index in [2.05, 4.69) is 20.8 Å². The molecule has 1 aromatic carbocycles. The highest BCUT2D eigenvalue weighted by molar-refractivity contribution is 7.18. The van der Waals surface area contributed by atoms with E-state index in [9.17, 15) is 29.3 Å². The summed E-state index contributed by atoms with van der Waals surface area (Å²) < 4.78 is 21.9. The third-order valence-corrected chi connectivity index (χ3v) is 6.04. The summed E-state index contributed by atoms with van der Waals surface area (Å²) in [6.45, 7) is 4.37. The normalized spacial score (nSPS) is 22.6. The maximum absolute atomic E-state index is 12.0. The second-order valence-corrected chi connectivity index (χ2v) is 9.11. The molecule has 5 atom stereocenters. The second kappa shape index (κ2) is 12.4. The molecule has 1 fully saturated rings. The fraction of sp³-hybridized carbons (Fsp3) is 0.455. The first-order valence-electron chi connectivity index (χ1n) is 11.2. The third kappa shape index (κ3) is 7.42. The maximum Gasteiger partial charge on any atom is 0.303 e. The van der Waals surface area contributed by atoms with Gasteiger partial charge in [-0.05, 0) is 12.1 Å². The average Bonchev–Trinajstić information content (AvgIpc) is 3.29. The number of rotatable bonds is 9. The molecule has 1 amide bonds. The summed E-state index contributed by atoms with van der Waals surface area (Å²) in [5, 5.41) is 25.3. The zero-order valence-electron chi connectivity index (χ0n) is 20.7. The highest BCUT2D eigenvalue weighted by Gasteiger charge is 2.51. The van der Waals surface area contributed by atoms with Crippen LogP contribution in [0.3, 0.4) is 0 Å². The van der Waals surface area contributed by atoms with E-state index in [1.54, 1.807) is 0 Å². The molecule has 15 nitrogen and oxygen atoms in total. The smallest absolute Gasteiger partial charge is 0.303 e. The standard InChI is InChI=1S/C22H25N5O10S/c1-10(28)23-17-19(36-13(4)31)18(35-12(3)30)16(9-34-11(2)29)37-20(17)24-22-26-25-21(38-22)14-5-7-15(8-6-14)27(32)33/h5-8,16-20H,9H2,1-4H3,(H,23,28)(H,24,26)/t16-,17-,18-,19-,20-/m1/s1. The number of aromatic nitrogens is 2. The first kappa shape index (κ1) is 28.4. The van der Waals surface area contributed by atoms with Crippen molar-refractivity contribution in [2.45, 2.75) is 58.3 Å². The number of carbonyl (C=O) groups excluding carboxylic acids is 4. The fourth-order valence-electron chi connectivity index (χ4n) is 3.70. The SMILES string of the molecule is CC(=O)N[C@@H]1[C@@H](OC(C)=O)[C@H](OC(C)=O)[C@@H](COC(C)=O)O[C@H]1Nc1nnc(-c2ccc([N+](=O)[O-])cc2)s1. The van der Waals surface area contributed by atoms with Gasteiger partial charge in [-0.15, -0.1) is 10.2 Å². The minimum Gasteiger partial charge on any atom is -0.463 e. The zero-order valence-corrected chi connectivity index (χ0v) is 21.6. The Morgan fingerprint density at radius 2 is 1.63 bits per heavy atom. The number of benzene rings is 1. The van der Waals surface area contributed by atoms with Gasteiger partial charge in [-0.3, -0.25) is 29.3 Å². The summed E-state index contributed by atoms with van der Waals surface area (Å²) in [5.41, 5.74) is 0.493. The number of nitro benzene ring substituents is 1. The number of nitrogens with zero attached hydrogens (tertiary/aromatic N) is 3. The summed E-state index contributed by atoms with van der Waals surface area (Å²) in [7, 11) is 0. The molecule has 204 valence electrons. The number of carbonyl (C=O) groups is 4. The number of nitro groups is 1. The molecule has 2 N–H and O–H groups in total. The molecule has 0 bridgehead atoms. The summed E-state index contributed by atoms with van der Waals surface area (Å²) in [6.07, 6.45) is -4.64. The van der Waals surface area contributed by atoms with E-state index in [4.69, 9.17) is 18.9 Å². The lowest BCUT2D eigenvalue weighted by Crippen LogP contribution is -2.67. The van der Waals surface area contributed by atoms with Crippen molar-refractivity contribution < 1.29 is 43.0 Å². The van der Waals surface area contributed by atoms with Crippen molar-refractivity contribution in [2.75, 3.05) is 11.9 Å². The first-order valence-corrected chi connectivity index (χ1v) is 12.0. The Bertz CT molecular complexity index is 1200. The van der Waals surface area contributed by atoms with Crippen LogP contribution in [0.1, 0.15) is 27.7 Å². The molecule has 2 heterocycles. The highest BCUT2D eigenvalue weighted by Crippen LogP contribution is 2.32. The van der Waals surface area contributed by atoms with Gasteiger partial charge in [0.25, 0.3) is 5.69 Å². The molecule has 0 spiro atoms. The number of non-ortho nitro benzene ring substituents is 1. The molecule has 0 radical (unpaired) electrons. The van der Waals surface area contributed by atoms with Gasteiger partial charge in [-0.2, -0.15) is 0 Å². The Balaban J connectivity index is 1.93. The van der Waals surface area contributed by atoms with Gasteiger partial charge in [-0.25, -0.2) is 0 Å². The van der Waals surface area contributed by atoms with E-state index in [1.807, 2.05) is 0 Å².